The van der Waals surface area contributed by atoms with E-state index in [9.17, 15) is 0 Å². The van der Waals surface area contributed by atoms with Gasteiger partial charge in [0.1, 0.15) is 11.7 Å². The molecule has 1 aromatic heterocycles. The van der Waals surface area contributed by atoms with Gasteiger partial charge in [0.15, 0.2) is 0 Å². The number of aliphatic imine (C=N–C) groups is 1. The van der Waals surface area contributed by atoms with Gasteiger partial charge >= 0.3 is 0 Å². The van der Waals surface area contributed by atoms with Crippen LogP contribution in [0.25, 0.3) is 22.3 Å². The lowest BCUT2D eigenvalue weighted by atomic mass is 9.94. The smallest absolute Gasteiger partial charge is 0.148 e. The van der Waals surface area contributed by atoms with Crippen LogP contribution in [0.15, 0.2) is 126 Å². The van der Waals surface area contributed by atoms with Crippen molar-refractivity contribution >= 4 is 28.0 Å². The van der Waals surface area contributed by atoms with Crippen molar-refractivity contribution in [1.82, 2.24) is 15.0 Å². The van der Waals surface area contributed by atoms with E-state index in [0.717, 1.165) is 34.4 Å². The molecule has 2 aliphatic rings. The van der Waals surface area contributed by atoms with Crippen LogP contribution in [-0.4, -0.2) is 26.7 Å². The van der Waals surface area contributed by atoms with Gasteiger partial charge in [-0.05, 0) is 77.9 Å². The Bertz CT molecular complexity index is 1740. The van der Waals surface area contributed by atoms with E-state index in [1.165, 1.54) is 22.4 Å². The maximum atomic E-state index is 5.32. The molecule has 0 N–H and O–H groups in total. The van der Waals surface area contributed by atoms with E-state index in [1.807, 2.05) is 28.9 Å². The molecule has 5 aromatic rings. The predicted molar refractivity (Wildman–Crippen MR) is 164 cm³/mol. The van der Waals surface area contributed by atoms with Crippen molar-refractivity contribution in [1.29, 1.82) is 0 Å². The molecule has 4 aromatic carbocycles. The predicted octanol–water partition coefficient (Wildman–Crippen LogP) is 7.80. The summed E-state index contributed by atoms with van der Waals surface area (Å²) in [6, 6.07) is 36.2. The minimum Gasteiger partial charge on any atom is -0.337 e. The summed E-state index contributed by atoms with van der Waals surface area (Å²) in [7, 11) is 0. The fourth-order valence-corrected chi connectivity index (χ4v) is 5.79. The normalized spacial score (nSPS) is 20.6. The minimum atomic E-state index is -0.0920. The van der Waals surface area contributed by atoms with Gasteiger partial charge in [-0.25, -0.2) is 4.68 Å². The summed E-state index contributed by atoms with van der Waals surface area (Å²) >= 11 is 0. The maximum Gasteiger partial charge on any atom is 0.148 e. The first kappa shape index (κ1) is 24.3. The zero-order chi connectivity index (χ0) is 27.1. The molecule has 5 nitrogen and oxygen atoms in total. The fourth-order valence-electron chi connectivity index (χ4n) is 5.79. The SMILES string of the molecule is CC1C=CC(c2ccc(N3C(C)C(c4ccc(-n5nnc6ccccc65)cc4)=NC3c3ccccc3)cc2)=CC1. The molecule has 7 rings (SSSR count). The van der Waals surface area contributed by atoms with Crippen LogP contribution in [0.3, 0.4) is 0 Å². The maximum absolute atomic E-state index is 5.32. The number of nitrogens with zero attached hydrogens (tertiary/aromatic N) is 5. The first-order chi connectivity index (χ1) is 19.7. The van der Waals surface area contributed by atoms with E-state index in [0.29, 0.717) is 5.92 Å². The molecule has 1 aliphatic carbocycles. The zero-order valence-electron chi connectivity index (χ0n) is 22.7. The molecule has 1 aliphatic heterocycles. The molecule has 40 heavy (non-hydrogen) atoms. The average Bonchev–Trinajstić information content (AvgIpc) is 3.60. The molecule has 0 bridgehead atoms. The topological polar surface area (TPSA) is 46.3 Å². The van der Waals surface area contributed by atoms with Gasteiger partial charge in [-0.3, -0.25) is 4.99 Å². The molecule has 3 atom stereocenters. The van der Waals surface area contributed by atoms with Crippen molar-refractivity contribution in [2.24, 2.45) is 10.9 Å². The number of hydrogen-bond acceptors (Lipinski definition) is 4. The number of aromatic nitrogens is 3. The Morgan fingerprint density at radius 1 is 0.725 bits per heavy atom. The third kappa shape index (κ3) is 4.34. The lowest BCUT2D eigenvalue weighted by Gasteiger charge is -2.30. The van der Waals surface area contributed by atoms with E-state index in [2.05, 4.69) is 126 Å². The van der Waals surface area contributed by atoms with E-state index in [1.54, 1.807) is 0 Å². The molecule has 0 spiro atoms. The Morgan fingerprint density at radius 3 is 2.17 bits per heavy atom. The molecule has 196 valence electrons. The van der Waals surface area contributed by atoms with Crippen LogP contribution in [0.4, 0.5) is 5.69 Å². The van der Waals surface area contributed by atoms with Crippen molar-refractivity contribution in [2.45, 2.75) is 32.5 Å². The summed E-state index contributed by atoms with van der Waals surface area (Å²) in [5.41, 5.74) is 9.98. The molecular weight excluding hydrogens is 490 g/mol. The van der Waals surface area contributed by atoms with E-state index in [-0.39, 0.29) is 12.2 Å². The third-order valence-corrected chi connectivity index (χ3v) is 8.01. The number of anilines is 1. The van der Waals surface area contributed by atoms with Crippen LogP contribution in [0.1, 0.15) is 43.1 Å². The van der Waals surface area contributed by atoms with Crippen LogP contribution in [0.5, 0.6) is 0 Å². The van der Waals surface area contributed by atoms with Crippen LogP contribution in [-0.2, 0) is 0 Å². The van der Waals surface area contributed by atoms with Gasteiger partial charge in [0.05, 0.1) is 23.0 Å². The lowest BCUT2D eigenvalue weighted by Crippen LogP contribution is -2.35. The molecule has 2 heterocycles. The monoisotopic (exact) mass is 521 g/mol. The molecule has 0 fully saturated rings. The second kappa shape index (κ2) is 10.1. The van der Waals surface area contributed by atoms with E-state index < -0.39 is 0 Å². The summed E-state index contributed by atoms with van der Waals surface area (Å²) in [5.74, 6) is 0.611. The van der Waals surface area contributed by atoms with E-state index >= 15 is 0 Å². The van der Waals surface area contributed by atoms with Gasteiger partial charge in [-0.2, -0.15) is 0 Å². The number of fused-ring (bicyclic) bond motifs is 1. The fraction of sp³-hybridized carbons (Fsp3) is 0.171. The quantitative estimate of drug-likeness (QED) is 0.237. The summed E-state index contributed by atoms with van der Waals surface area (Å²) in [5, 5.41) is 8.68. The largest absolute Gasteiger partial charge is 0.337 e. The molecule has 3 unspecified atom stereocenters. The Labute approximate surface area is 234 Å². The number of rotatable bonds is 5. The number of hydrogen-bond donors (Lipinski definition) is 0. The highest BCUT2D eigenvalue weighted by atomic mass is 15.4. The number of allylic oxidation sites excluding steroid dienone is 4. The zero-order valence-corrected chi connectivity index (χ0v) is 22.7. The first-order valence-electron chi connectivity index (χ1n) is 14.0. The van der Waals surface area contributed by atoms with Crippen molar-refractivity contribution in [2.75, 3.05) is 4.90 Å². The van der Waals surface area contributed by atoms with Gasteiger partial charge in [-0.15, -0.1) is 5.10 Å². The van der Waals surface area contributed by atoms with Crippen molar-refractivity contribution in [3.8, 4) is 5.69 Å². The summed E-state index contributed by atoms with van der Waals surface area (Å²) in [4.78, 5) is 7.75. The number of benzene rings is 4. The highest BCUT2D eigenvalue weighted by Crippen LogP contribution is 2.38. The van der Waals surface area contributed by atoms with Crippen molar-refractivity contribution in [3.05, 3.63) is 138 Å². The second-order valence-electron chi connectivity index (χ2n) is 10.7. The van der Waals surface area contributed by atoms with Gasteiger partial charge in [-0.1, -0.05) is 97.1 Å². The van der Waals surface area contributed by atoms with Crippen LogP contribution < -0.4 is 4.90 Å². The third-order valence-electron chi connectivity index (χ3n) is 8.01. The lowest BCUT2D eigenvalue weighted by molar-refractivity contribution is 0.675. The summed E-state index contributed by atoms with van der Waals surface area (Å²) < 4.78 is 1.89. The molecule has 0 saturated heterocycles. The second-order valence-corrected chi connectivity index (χ2v) is 10.7. The van der Waals surface area contributed by atoms with Crippen LogP contribution >= 0.6 is 0 Å². The van der Waals surface area contributed by atoms with Crippen molar-refractivity contribution in [3.63, 3.8) is 0 Å². The standard InChI is InChI=1S/C35H31N5/c1-24-12-14-26(15-13-24)27-16-20-30(21-17-27)39-25(2)34(36-35(39)29-8-4-3-5-9-29)28-18-22-31(23-19-28)40-33-11-7-6-10-32(33)37-38-40/h3-12,14-25,35H,13H2,1-2H3. The molecule has 0 radical (unpaired) electrons. The number of para-hydroxylation sites is 1. The Kier molecular flexibility index (Phi) is 6.12. The molecule has 0 saturated carbocycles. The van der Waals surface area contributed by atoms with Gasteiger partial charge < -0.3 is 4.90 Å². The Hall–Kier alpha value is -4.77. The van der Waals surface area contributed by atoms with Crippen LogP contribution in [0, 0.1) is 5.92 Å². The van der Waals surface area contributed by atoms with E-state index in [4.69, 9.17) is 4.99 Å². The van der Waals surface area contributed by atoms with Crippen LogP contribution in [0.2, 0.25) is 0 Å². The molecular formula is C35H31N5. The average molecular weight is 522 g/mol. The first-order valence-corrected chi connectivity index (χ1v) is 14.0. The molecule has 5 heteroatoms. The van der Waals surface area contributed by atoms with Crippen molar-refractivity contribution < 1.29 is 0 Å². The highest BCUT2D eigenvalue weighted by Gasteiger charge is 2.35. The van der Waals surface area contributed by atoms with Gasteiger partial charge in [0, 0.05) is 5.69 Å². The van der Waals surface area contributed by atoms with Gasteiger partial charge in [0.25, 0.3) is 0 Å². The van der Waals surface area contributed by atoms with Gasteiger partial charge in [0.2, 0.25) is 0 Å². The Morgan fingerprint density at radius 2 is 1.43 bits per heavy atom. The highest BCUT2D eigenvalue weighted by molar-refractivity contribution is 6.08. The summed E-state index contributed by atoms with van der Waals surface area (Å²) in [6.07, 6.45) is 7.90. The minimum absolute atomic E-state index is 0.0920. The Balaban J connectivity index is 1.21. The molecule has 0 amide bonds. The summed E-state index contributed by atoms with van der Waals surface area (Å²) in [6.45, 7) is 4.51.